The van der Waals surface area contributed by atoms with E-state index >= 15 is 0 Å². The summed E-state index contributed by atoms with van der Waals surface area (Å²) in [5.41, 5.74) is -0.371. The minimum Gasteiger partial charge on any atom is -0.353 e. The highest BCUT2D eigenvalue weighted by molar-refractivity contribution is 6.52. The molecule has 0 amide bonds. The zero-order valence-corrected chi connectivity index (χ0v) is 16.6. The third kappa shape index (κ3) is 3.96. The third-order valence-corrected chi connectivity index (χ3v) is 6.40. The van der Waals surface area contributed by atoms with Gasteiger partial charge in [-0.1, -0.05) is 6.42 Å². The maximum absolute atomic E-state index is 14.2. The van der Waals surface area contributed by atoms with Gasteiger partial charge in [-0.15, -0.1) is 23.2 Å². The Balaban J connectivity index is 2.03. The summed E-state index contributed by atoms with van der Waals surface area (Å²) in [6, 6.07) is 1.89. The van der Waals surface area contributed by atoms with Crippen molar-refractivity contribution in [1.82, 2.24) is 0 Å². The standard InChI is InChI=1S/C19H22Cl2F4O2/c1-3-26-17(27-4-2)16-15(18(16,20)21)12-8-13(19(23,24)25)14(22)9-11(12)10-6-5-7-10/h8-10,15-17H,3-7H2,1-2H3/t15-,16+/m1/s1. The van der Waals surface area contributed by atoms with Crippen molar-refractivity contribution in [2.75, 3.05) is 13.2 Å². The van der Waals surface area contributed by atoms with Gasteiger partial charge in [0.1, 0.15) is 10.2 Å². The Kier molecular flexibility index (Phi) is 6.03. The normalized spacial score (nSPS) is 24.9. The number of halogens is 6. The summed E-state index contributed by atoms with van der Waals surface area (Å²) >= 11 is 12.9. The van der Waals surface area contributed by atoms with E-state index in [4.69, 9.17) is 32.7 Å². The molecule has 2 aliphatic rings. The molecule has 2 nitrogen and oxygen atoms in total. The van der Waals surface area contributed by atoms with E-state index in [0.29, 0.717) is 24.3 Å². The lowest BCUT2D eigenvalue weighted by Crippen LogP contribution is -2.22. The van der Waals surface area contributed by atoms with E-state index in [9.17, 15) is 17.6 Å². The topological polar surface area (TPSA) is 18.5 Å². The molecule has 0 radical (unpaired) electrons. The molecule has 0 aliphatic heterocycles. The zero-order valence-electron chi connectivity index (χ0n) is 15.1. The third-order valence-electron chi connectivity index (χ3n) is 5.42. The Hall–Kier alpha value is -0.560. The van der Waals surface area contributed by atoms with Gasteiger partial charge in [0.25, 0.3) is 0 Å². The van der Waals surface area contributed by atoms with Crippen LogP contribution in [-0.4, -0.2) is 23.8 Å². The quantitative estimate of drug-likeness (QED) is 0.284. The molecule has 0 aromatic heterocycles. The van der Waals surface area contributed by atoms with E-state index < -0.39 is 40.0 Å². The van der Waals surface area contributed by atoms with Gasteiger partial charge in [-0.3, -0.25) is 0 Å². The summed E-state index contributed by atoms with van der Waals surface area (Å²) < 4.78 is 63.8. The van der Waals surface area contributed by atoms with Gasteiger partial charge in [0, 0.05) is 19.1 Å². The van der Waals surface area contributed by atoms with Crippen molar-refractivity contribution in [2.45, 2.75) is 61.7 Å². The van der Waals surface area contributed by atoms with Crippen molar-refractivity contribution >= 4 is 23.2 Å². The van der Waals surface area contributed by atoms with Crippen LogP contribution in [0.3, 0.4) is 0 Å². The fourth-order valence-electron chi connectivity index (χ4n) is 3.84. The van der Waals surface area contributed by atoms with Crippen LogP contribution in [0.2, 0.25) is 0 Å². The van der Waals surface area contributed by atoms with Crippen molar-refractivity contribution in [3.05, 3.63) is 34.6 Å². The molecule has 0 heterocycles. The molecule has 0 bridgehead atoms. The molecule has 3 rings (SSSR count). The van der Waals surface area contributed by atoms with Crippen molar-refractivity contribution in [3.8, 4) is 0 Å². The van der Waals surface area contributed by atoms with Crippen LogP contribution in [0.25, 0.3) is 0 Å². The number of alkyl halides is 5. The Morgan fingerprint density at radius 2 is 1.70 bits per heavy atom. The summed E-state index contributed by atoms with van der Waals surface area (Å²) in [5, 5.41) is 0. The van der Waals surface area contributed by atoms with E-state index in [2.05, 4.69) is 0 Å². The number of benzene rings is 1. The minimum atomic E-state index is -4.79. The predicted octanol–water partition coefficient (Wildman–Crippen LogP) is 6.40. The first kappa shape index (κ1) is 21.2. The van der Waals surface area contributed by atoms with Crippen LogP contribution in [0.5, 0.6) is 0 Å². The number of ether oxygens (including phenoxy) is 2. The summed E-state index contributed by atoms with van der Waals surface area (Å²) in [4.78, 5) is 0. The molecule has 0 N–H and O–H groups in total. The lowest BCUT2D eigenvalue weighted by molar-refractivity contribution is -0.149. The Bertz CT molecular complexity index is 683. The second-order valence-electron chi connectivity index (χ2n) is 7.04. The fraction of sp³-hybridized carbons (Fsp3) is 0.684. The van der Waals surface area contributed by atoms with Gasteiger partial charge < -0.3 is 9.47 Å². The summed E-state index contributed by atoms with van der Waals surface area (Å²) in [6.07, 6.45) is -2.93. The van der Waals surface area contributed by atoms with Crippen LogP contribution >= 0.6 is 23.2 Å². The summed E-state index contributed by atoms with van der Waals surface area (Å²) in [7, 11) is 0. The second-order valence-corrected chi connectivity index (χ2v) is 8.49. The lowest BCUT2D eigenvalue weighted by Gasteiger charge is -2.29. The maximum atomic E-state index is 14.2. The van der Waals surface area contributed by atoms with Gasteiger partial charge in [0.2, 0.25) is 0 Å². The molecule has 152 valence electrons. The summed E-state index contributed by atoms with van der Waals surface area (Å²) in [5.74, 6) is -2.36. The highest BCUT2D eigenvalue weighted by Crippen LogP contribution is 2.68. The van der Waals surface area contributed by atoms with Crippen LogP contribution < -0.4 is 0 Å². The molecule has 2 aliphatic carbocycles. The Labute approximate surface area is 166 Å². The fourth-order valence-corrected chi connectivity index (χ4v) is 4.68. The molecule has 2 fully saturated rings. The smallest absolute Gasteiger partial charge is 0.353 e. The van der Waals surface area contributed by atoms with Gasteiger partial charge in [0.15, 0.2) is 6.29 Å². The van der Waals surface area contributed by atoms with Crippen LogP contribution in [0.15, 0.2) is 12.1 Å². The SMILES string of the molecule is CCOC(OCC)[C@@H]1[C@@H](c2cc(C(F)(F)F)c(F)cc2C2CCC2)C1(Cl)Cl. The molecule has 0 unspecified atom stereocenters. The van der Waals surface area contributed by atoms with E-state index in [1.54, 1.807) is 13.8 Å². The number of hydrogen-bond donors (Lipinski definition) is 0. The molecule has 1 aromatic carbocycles. The van der Waals surface area contributed by atoms with E-state index in [-0.39, 0.29) is 5.92 Å². The van der Waals surface area contributed by atoms with Crippen molar-refractivity contribution in [2.24, 2.45) is 5.92 Å². The van der Waals surface area contributed by atoms with Gasteiger partial charge in [0.05, 0.1) is 11.5 Å². The van der Waals surface area contributed by atoms with Crippen LogP contribution in [0.4, 0.5) is 17.6 Å². The highest BCUT2D eigenvalue weighted by atomic mass is 35.5. The van der Waals surface area contributed by atoms with Gasteiger partial charge in [-0.2, -0.15) is 13.2 Å². The second kappa shape index (κ2) is 7.69. The van der Waals surface area contributed by atoms with Crippen LogP contribution in [-0.2, 0) is 15.7 Å². The number of rotatable bonds is 7. The van der Waals surface area contributed by atoms with Crippen LogP contribution in [0, 0.1) is 11.7 Å². The molecular weight excluding hydrogens is 407 g/mol. The molecule has 8 heteroatoms. The van der Waals surface area contributed by atoms with Crippen LogP contribution in [0.1, 0.15) is 61.6 Å². The predicted molar refractivity (Wildman–Crippen MR) is 95.7 cm³/mol. The zero-order chi connectivity index (χ0) is 20.0. The van der Waals surface area contributed by atoms with Crippen molar-refractivity contribution in [3.63, 3.8) is 0 Å². The van der Waals surface area contributed by atoms with Gasteiger partial charge >= 0.3 is 6.18 Å². The Morgan fingerprint density at radius 1 is 1.11 bits per heavy atom. The molecule has 0 saturated heterocycles. The maximum Gasteiger partial charge on any atom is 0.419 e. The Morgan fingerprint density at radius 3 is 2.15 bits per heavy atom. The first-order valence-corrected chi connectivity index (χ1v) is 9.90. The average molecular weight is 429 g/mol. The minimum absolute atomic E-state index is 0.0276. The highest BCUT2D eigenvalue weighted by Gasteiger charge is 2.68. The molecule has 0 spiro atoms. The molecule has 27 heavy (non-hydrogen) atoms. The van der Waals surface area contributed by atoms with Crippen molar-refractivity contribution in [1.29, 1.82) is 0 Å². The first-order valence-electron chi connectivity index (χ1n) is 9.14. The van der Waals surface area contributed by atoms with Gasteiger partial charge in [-0.05, 0) is 55.9 Å². The number of hydrogen-bond acceptors (Lipinski definition) is 2. The molecular formula is C19H22Cl2F4O2. The summed E-state index contributed by atoms with van der Waals surface area (Å²) in [6.45, 7) is 4.27. The first-order chi connectivity index (χ1) is 12.6. The molecule has 2 saturated carbocycles. The van der Waals surface area contributed by atoms with E-state index in [1.807, 2.05) is 0 Å². The lowest BCUT2D eigenvalue weighted by atomic mass is 9.77. The molecule has 2 atom stereocenters. The molecule has 1 aromatic rings. The monoisotopic (exact) mass is 428 g/mol. The largest absolute Gasteiger partial charge is 0.419 e. The van der Waals surface area contributed by atoms with Crippen molar-refractivity contribution < 1.29 is 27.0 Å². The van der Waals surface area contributed by atoms with E-state index in [0.717, 1.165) is 31.4 Å². The van der Waals surface area contributed by atoms with Gasteiger partial charge in [-0.25, -0.2) is 4.39 Å². The van der Waals surface area contributed by atoms with E-state index in [1.165, 1.54) is 0 Å². The average Bonchev–Trinajstić information content (AvgIpc) is 3.06.